The number of fused-ring (bicyclic) bond motifs is 3. The van der Waals surface area contributed by atoms with Crippen LogP contribution in [0.15, 0.2) is 46.9 Å². The minimum absolute atomic E-state index is 0.250. The number of carbonyl (C=O) groups excluding carboxylic acids is 1. The van der Waals surface area contributed by atoms with E-state index in [0.29, 0.717) is 22.8 Å². The quantitative estimate of drug-likeness (QED) is 0.385. The van der Waals surface area contributed by atoms with Crippen molar-refractivity contribution >= 4 is 28.9 Å². The summed E-state index contributed by atoms with van der Waals surface area (Å²) < 4.78 is 27.9. The zero-order valence-corrected chi connectivity index (χ0v) is 18.1. The van der Waals surface area contributed by atoms with Crippen LogP contribution in [0.25, 0.3) is 23.1 Å². The number of hydrogen-bond acceptors (Lipinski definition) is 6. The van der Waals surface area contributed by atoms with E-state index in [-0.39, 0.29) is 17.1 Å². The number of ketones is 1. The maximum atomic E-state index is 12.8. The number of carbonyl (C=O) groups is 1. The molecule has 0 bridgehead atoms. The molecule has 0 fully saturated rings. The number of hydrogen-bond donors (Lipinski definition) is 0. The van der Waals surface area contributed by atoms with Crippen LogP contribution in [0.3, 0.4) is 0 Å². The summed E-state index contributed by atoms with van der Waals surface area (Å²) in [6.07, 6.45) is 7.09. The van der Waals surface area contributed by atoms with Crippen LogP contribution in [0.1, 0.15) is 35.5 Å². The van der Waals surface area contributed by atoms with Gasteiger partial charge < -0.3 is 23.4 Å². The minimum Gasteiger partial charge on any atom is -0.493 e. The van der Waals surface area contributed by atoms with Crippen molar-refractivity contribution in [2.75, 3.05) is 21.3 Å². The first kappa shape index (κ1) is 20.6. The molecule has 1 aliphatic rings. The minimum atomic E-state index is -0.380. The van der Waals surface area contributed by atoms with E-state index in [1.54, 1.807) is 45.6 Å². The molecule has 1 aromatic heterocycles. The lowest BCUT2D eigenvalue weighted by Crippen LogP contribution is -2.27. The Kier molecular flexibility index (Phi) is 5.23. The highest BCUT2D eigenvalue weighted by atomic mass is 16.5. The molecule has 0 atom stereocenters. The molecule has 6 nitrogen and oxygen atoms in total. The third kappa shape index (κ3) is 3.89. The van der Waals surface area contributed by atoms with Crippen LogP contribution in [-0.2, 0) is 0 Å². The fourth-order valence-corrected chi connectivity index (χ4v) is 3.53. The van der Waals surface area contributed by atoms with Gasteiger partial charge in [-0.25, -0.2) is 0 Å². The Hall–Kier alpha value is -3.67. The maximum absolute atomic E-state index is 12.8. The summed E-state index contributed by atoms with van der Waals surface area (Å²) in [5.74, 6) is 2.26. The van der Waals surface area contributed by atoms with Crippen LogP contribution in [-0.4, -0.2) is 32.7 Å². The van der Waals surface area contributed by atoms with Crippen molar-refractivity contribution in [3.05, 3.63) is 59.4 Å². The van der Waals surface area contributed by atoms with Crippen LogP contribution in [0.2, 0.25) is 0 Å². The summed E-state index contributed by atoms with van der Waals surface area (Å²) in [5.41, 5.74) is 1.82. The highest BCUT2D eigenvalue weighted by Crippen LogP contribution is 2.39. The molecule has 0 amide bonds. The average molecular weight is 420 g/mol. The zero-order valence-electron chi connectivity index (χ0n) is 18.1. The molecule has 0 aliphatic carbocycles. The van der Waals surface area contributed by atoms with Crippen molar-refractivity contribution < 1.29 is 28.2 Å². The molecule has 0 N–H and O–H groups in total. The Morgan fingerprint density at radius 2 is 1.71 bits per heavy atom. The molecule has 6 heteroatoms. The predicted octanol–water partition coefficient (Wildman–Crippen LogP) is 5.54. The number of benzene rings is 2. The second kappa shape index (κ2) is 7.87. The van der Waals surface area contributed by atoms with Crippen LogP contribution in [0, 0.1) is 0 Å². The van der Waals surface area contributed by atoms with E-state index in [4.69, 9.17) is 23.4 Å². The molecule has 3 aromatic rings. The van der Waals surface area contributed by atoms with Gasteiger partial charge in [-0.1, -0.05) is 6.08 Å². The van der Waals surface area contributed by atoms with Gasteiger partial charge in [-0.3, -0.25) is 4.79 Å². The standard InChI is InChI=1S/C25H24O6/c1-25(2)11-10-17-19(31-25)9-7-16-14-20(30-23(16)17)18(26)8-6-15-12-21(27-3)24(29-5)22(13-15)28-4/h6-14H,1-5H3/b8-6+. The molecule has 0 saturated carbocycles. The second-order valence-corrected chi connectivity index (χ2v) is 7.70. The highest BCUT2D eigenvalue weighted by Gasteiger charge is 2.24. The lowest BCUT2D eigenvalue weighted by molar-refractivity contribution is 0.102. The number of allylic oxidation sites excluding steroid dienone is 1. The van der Waals surface area contributed by atoms with E-state index in [0.717, 1.165) is 22.3 Å². The lowest BCUT2D eigenvalue weighted by Gasteiger charge is -2.27. The van der Waals surface area contributed by atoms with Crippen molar-refractivity contribution in [1.82, 2.24) is 0 Å². The SMILES string of the molecule is COc1cc(/C=C/C(=O)c2cc3ccc4c(c3o2)C=CC(C)(C)O4)cc(OC)c1OC. The molecule has 31 heavy (non-hydrogen) atoms. The molecule has 1 aliphatic heterocycles. The van der Waals surface area contributed by atoms with E-state index < -0.39 is 0 Å². The molecule has 160 valence electrons. The number of furan rings is 1. The van der Waals surface area contributed by atoms with Gasteiger partial charge in [0.15, 0.2) is 17.3 Å². The molecular formula is C25H24O6. The van der Waals surface area contributed by atoms with Gasteiger partial charge in [0.2, 0.25) is 11.5 Å². The van der Waals surface area contributed by atoms with E-state index in [1.165, 1.54) is 6.08 Å². The second-order valence-electron chi connectivity index (χ2n) is 7.70. The highest BCUT2D eigenvalue weighted by molar-refractivity contribution is 6.07. The average Bonchev–Trinajstić information content (AvgIpc) is 3.20. The fourth-order valence-electron chi connectivity index (χ4n) is 3.53. The molecule has 2 heterocycles. The summed E-state index contributed by atoms with van der Waals surface area (Å²) in [5, 5.41) is 0.844. The van der Waals surface area contributed by atoms with Gasteiger partial charge in [-0.2, -0.15) is 0 Å². The number of rotatable bonds is 6. The summed E-state index contributed by atoms with van der Waals surface area (Å²) in [6.45, 7) is 3.98. The molecule has 0 unspecified atom stereocenters. The van der Waals surface area contributed by atoms with Crippen molar-refractivity contribution in [1.29, 1.82) is 0 Å². The van der Waals surface area contributed by atoms with Gasteiger partial charge in [0.1, 0.15) is 16.9 Å². The van der Waals surface area contributed by atoms with Gasteiger partial charge in [-0.05, 0) is 68.0 Å². The molecule has 0 spiro atoms. The van der Waals surface area contributed by atoms with Gasteiger partial charge in [0.25, 0.3) is 0 Å². The van der Waals surface area contributed by atoms with Gasteiger partial charge in [0, 0.05) is 5.39 Å². The first-order valence-corrected chi connectivity index (χ1v) is 9.82. The van der Waals surface area contributed by atoms with Crippen LogP contribution in [0.5, 0.6) is 23.0 Å². The Morgan fingerprint density at radius 3 is 2.35 bits per heavy atom. The van der Waals surface area contributed by atoms with Crippen LogP contribution >= 0.6 is 0 Å². The van der Waals surface area contributed by atoms with Gasteiger partial charge in [0.05, 0.1) is 26.9 Å². The predicted molar refractivity (Wildman–Crippen MR) is 119 cm³/mol. The van der Waals surface area contributed by atoms with E-state index in [1.807, 2.05) is 38.1 Å². The van der Waals surface area contributed by atoms with Crippen molar-refractivity contribution in [3.8, 4) is 23.0 Å². The van der Waals surface area contributed by atoms with E-state index in [9.17, 15) is 4.79 Å². The van der Waals surface area contributed by atoms with E-state index in [2.05, 4.69) is 0 Å². The van der Waals surface area contributed by atoms with Crippen molar-refractivity contribution in [2.45, 2.75) is 19.4 Å². The first-order valence-electron chi connectivity index (χ1n) is 9.82. The normalized spacial score (nSPS) is 14.4. The summed E-state index contributed by atoms with van der Waals surface area (Å²) in [7, 11) is 4.63. The molecule has 2 aromatic carbocycles. The third-order valence-corrected chi connectivity index (χ3v) is 5.07. The van der Waals surface area contributed by atoms with Gasteiger partial charge in [-0.15, -0.1) is 0 Å². The third-order valence-electron chi connectivity index (χ3n) is 5.07. The molecule has 4 rings (SSSR count). The van der Waals surface area contributed by atoms with E-state index >= 15 is 0 Å². The maximum Gasteiger partial charge on any atom is 0.221 e. The molecule has 0 radical (unpaired) electrons. The van der Waals surface area contributed by atoms with Crippen molar-refractivity contribution in [3.63, 3.8) is 0 Å². The first-order chi connectivity index (χ1) is 14.8. The Labute approximate surface area is 180 Å². The van der Waals surface area contributed by atoms with Crippen molar-refractivity contribution in [2.24, 2.45) is 0 Å². The lowest BCUT2D eigenvalue weighted by atomic mass is 10.0. The molecular weight excluding hydrogens is 396 g/mol. The van der Waals surface area contributed by atoms with Gasteiger partial charge >= 0.3 is 0 Å². The summed E-state index contributed by atoms with van der Waals surface area (Å²) in [6, 6.07) is 9.07. The smallest absolute Gasteiger partial charge is 0.221 e. The Morgan fingerprint density at radius 1 is 1.00 bits per heavy atom. The van der Waals surface area contributed by atoms with Crippen LogP contribution in [0.4, 0.5) is 0 Å². The topological polar surface area (TPSA) is 67.1 Å². The zero-order chi connectivity index (χ0) is 22.2. The Balaban J connectivity index is 1.64. The summed E-state index contributed by atoms with van der Waals surface area (Å²) in [4.78, 5) is 12.8. The number of ether oxygens (including phenoxy) is 4. The Bertz CT molecular complexity index is 1190. The monoisotopic (exact) mass is 420 g/mol. The number of methoxy groups -OCH3 is 3. The largest absolute Gasteiger partial charge is 0.493 e. The van der Waals surface area contributed by atoms with Crippen LogP contribution < -0.4 is 18.9 Å². The summed E-state index contributed by atoms with van der Waals surface area (Å²) >= 11 is 0. The fraction of sp³-hybridized carbons (Fsp3) is 0.240. The molecule has 0 saturated heterocycles.